The fourth-order valence-electron chi connectivity index (χ4n) is 1.89. The van der Waals surface area contributed by atoms with Crippen molar-refractivity contribution in [3.8, 4) is 0 Å². The zero-order valence-corrected chi connectivity index (χ0v) is 7.26. The topological polar surface area (TPSA) is 0 Å². The highest BCUT2D eigenvalue weighted by atomic mass is 19.1. The summed E-state index contributed by atoms with van der Waals surface area (Å²) in [5.41, 5.74) is 0.190. The summed E-state index contributed by atoms with van der Waals surface area (Å²) in [6, 6.07) is 9.95. The molecule has 0 spiro atoms. The van der Waals surface area contributed by atoms with Crippen molar-refractivity contribution in [2.45, 2.75) is 31.4 Å². The van der Waals surface area contributed by atoms with Crippen molar-refractivity contribution in [1.82, 2.24) is 0 Å². The molecule has 12 heavy (non-hydrogen) atoms. The standard InChI is InChI=1S/C11H13F/c1-11(12)8-7-10(11)9-5-3-2-4-6-9/h2-6,10H,7-8H2,1H3/t10-,11-/m1/s1. The van der Waals surface area contributed by atoms with Crippen LogP contribution in [-0.2, 0) is 0 Å². The van der Waals surface area contributed by atoms with Gasteiger partial charge in [-0.05, 0) is 25.3 Å². The van der Waals surface area contributed by atoms with Crippen LogP contribution in [0.5, 0.6) is 0 Å². The van der Waals surface area contributed by atoms with Crippen molar-refractivity contribution in [2.24, 2.45) is 0 Å². The maximum absolute atomic E-state index is 13.6. The summed E-state index contributed by atoms with van der Waals surface area (Å²) in [5, 5.41) is 0. The molecule has 0 aliphatic heterocycles. The lowest BCUT2D eigenvalue weighted by molar-refractivity contribution is 0.0513. The largest absolute Gasteiger partial charge is 0.244 e. The summed E-state index contributed by atoms with van der Waals surface area (Å²) in [6.45, 7) is 1.70. The summed E-state index contributed by atoms with van der Waals surface area (Å²) in [6.07, 6.45) is 1.71. The smallest absolute Gasteiger partial charge is 0.115 e. The Kier molecular flexibility index (Phi) is 1.67. The molecule has 1 fully saturated rings. The summed E-state index contributed by atoms with van der Waals surface area (Å²) >= 11 is 0. The van der Waals surface area contributed by atoms with Crippen LogP contribution in [0.1, 0.15) is 31.2 Å². The molecular formula is C11H13F. The number of benzene rings is 1. The highest BCUT2D eigenvalue weighted by Crippen LogP contribution is 2.48. The normalized spacial score (nSPS) is 34.3. The molecule has 0 aromatic heterocycles. The molecule has 1 aromatic carbocycles. The first-order chi connectivity index (χ1) is 5.70. The molecule has 1 aliphatic carbocycles. The van der Waals surface area contributed by atoms with E-state index in [-0.39, 0.29) is 5.92 Å². The maximum Gasteiger partial charge on any atom is 0.115 e. The molecule has 2 atom stereocenters. The molecule has 1 heteroatoms. The van der Waals surface area contributed by atoms with Crippen LogP contribution in [-0.4, -0.2) is 5.67 Å². The monoisotopic (exact) mass is 164 g/mol. The van der Waals surface area contributed by atoms with E-state index in [0.717, 1.165) is 12.0 Å². The highest BCUT2D eigenvalue weighted by molar-refractivity contribution is 5.25. The molecule has 0 amide bonds. The van der Waals surface area contributed by atoms with Gasteiger partial charge in [-0.3, -0.25) is 0 Å². The fourth-order valence-corrected chi connectivity index (χ4v) is 1.89. The lowest BCUT2D eigenvalue weighted by Crippen LogP contribution is -2.37. The van der Waals surface area contributed by atoms with Gasteiger partial charge in [0.2, 0.25) is 0 Å². The maximum atomic E-state index is 13.6. The van der Waals surface area contributed by atoms with Crippen molar-refractivity contribution in [2.75, 3.05) is 0 Å². The van der Waals surface area contributed by atoms with E-state index in [1.165, 1.54) is 0 Å². The molecule has 0 unspecified atom stereocenters. The molecule has 0 saturated heterocycles. The minimum atomic E-state index is -0.957. The third-order valence-corrected chi connectivity index (χ3v) is 2.85. The van der Waals surface area contributed by atoms with Gasteiger partial charge in [-0.25, -0.2) is 4.39 Å². The average Bonchev–Trinajstić information content (AvgIpc) is 2.05. The molecule has 64 valence electrons. The Balaban J connectivity index is 2.22. The van der Waals surface area contributed by atoms with Gasteiger partial charge in [0.1, 0.15) is 5.67 Å². The predicted octanol–water partition coefficient (Wildman–Crippen LogP) is 3.29. The van der Waals surface area contributed by atoms with E-state index in [4.69, 9.17) is 0 Å². The van der Waals surface area contributed by atoms with Crippen LogP contribution in [0.4, 0.5) is 4.39 Å². The van der Waals surface area contributed by atoms with E-state index in [2.05, 4.69) is 0 Å². The second kappa shape index (κ2) is 2.58. The van der Waals surface area contributed by atoms with Crippen LogP contribution >= 0.6 is 0 Å². The van der Waals surface area contributed by atoms with Gasteiger partial charge in [0.25, 0.3) is 0 Å². The van der Waals surface area contributed by atoms with E-state index < -0.39 is 5.67 Å². The molecule has 1 saturated carbocycles. The van der Waals surface area contributed by atoms with Crippen LogP contribution in [0.2, 0.25) is 0 Å². The molecule has 0 radical (unpaired) electrons. The van der Waals surface area contributed by atoms with Crippen molar-refractivity contribution < 1.29 is 4.39 Å². The minimum absolute atomic E-state index is 0.138. The molecule has 1 aliphatic rings. The van der Waals surface area contributed by atoms with Gasteiger partial charge >= 0.3 is 0 Å². The van der Waals surface area contributed by atoms with Gasteiger partial charge in [-0.2, -0.15) is 0 Å². The third-order valence-electron chi connectivity index (χ3n) is 2.85. The van der Waals surface area contributed by atoms with Gasteiger partial charge in [0.15, 0.2) is 0 Å². The summed E-state index contributed by atoms with van der Waals surface area (Å²) in [5.74, 6) is 0.138. The van der Waals surface area contributed by atoms with Crippen LogP contribution in [0, 0.1) is 0 Å². The molecule has 0 bridgehead atoms. The summed E-state index contributed by atoms with van der Waals surface area (Å²) < 4.78 is 13.6. The Morgan fingerprint density at radius 1 is 1.33 bits per heavy atom. The molecule has 2 rings (SSSR count). The fraction of sp³-hybridized carbons (Fsp3) is 0.455. The zero-order valence-electron chi connectivity index (χ0n) is 7.26. The number of rotatable bonds is 1. The Bertz CT molecular complexity index is 264. The third kappa shape index (κ3) is 1.13. The first-order valence-corrected chi connectivity index (χ1v) is 4.44. The minimum Gasteiger partial charge on any atom is -0.244 e. The van der Waals surface area contributed by atoms with E-state index in [0.29, 0.717) is 6.42 Å². The first kappa shape index (κ1) is 7.78. The van der Waals surface area contributed by atoms with Crippen molar-refractivity contribution >= 4 is 0 Å². The van der Waals surface area contributed by atoms with Crippen LogP contribution < -0.4 is 0 Å². The van der Waals surface area contributed by atoms with Crippen LogP contribution in [0.25, 0.3) is 0 Å². The van der Waals surface area contributed by atoms with Gasteiger partial charge < -0.3 is 0 Å². The SMILES string of the molecule is C[C@@]1(F)CC[C@@H]1c1ccccc1. The number of hydrogen-bond donors (Lipinski definition) is 0. The van der Waals surface area contributed by atoms with Crippen molar-refractivity contribution in [1.29, 1.82) is 0 Å². The Morgan fingerprint density at radius 3 is 2.42 bits per heavy atom. The molecule has 0 nitrogen and oxygen atoms in total. The number of alkyl halides is 1. The van der Waals surface area contributed by atoms with Gasteiger partial charge in [0.05, 0.1) is 0 Å². The molecule has 0 N–H and O–H groups in total. The Morgan fingerprint density at radius 2 is 2.00 bits per heavy atom. The van der Waals surface area contributed by atoms with Crippen LogP contribution in [0.3, 0.4) is 0 Å². The first-order valence-electron chi connectivity index (χ1n) is 4.44. The Hall–Kier alpha value is -0.850. The zero-order chi connectivity index (χ0) is 8.60. The van der Waals surface area contributed by atoms with Gasteiger partial charge in [-0.1, -0.05) is 30.3 Å². The Labute approximate surface area is 72.4 Å². The second-order valence-corrected chi connectivity index (χ2v) is 3.78. The highest BCUT2D eigenvalue weighted by Gasteiger charge is 2.43. The summed E-state index contributed by atoms with van der Waals surface area (Å²) in [4.78, 5) is 0. The van der Waals surface area contributed by atoms with E-state index in [1.54, 1.807) is 6.92 Å². The van der Waals surface area contributed by atoms with Crippen LogP contribution in [0.15, 0.2) is 30.3 Å². The number of halogens is 1. The lowest BCUT2D eigenvalue weighted by atomic mass is 9.69. The second-order valence-electron chi connectivity index (χ2n) is 3.78. The van der Waals surface area contributed by atoms with Crippen molar-refractivity contribution in [3.05, 3.63) is 35.9 Å². The predicted molar refractivity (Wildman–Crippen MR) is 47.9 cm³/mol. The van der Waals surface area contributed by atoms with E-state index >= 15 is 0 Å². The average molecular weight is 164 g/mol. The van der Waals surface area contributed by atoms with Gasteiger partial charge in [0, 0.05) is 5.92 Å². The number of hydrogen-bond acceptors (Lipinski definition) is 0. The van der Waals surface area contributed by atoms with Crippen molar-refractivity contribution in [3.63, 3.8) is 0 Å². The van der Waals surface area contributed by atoms with E-state index in [9.17, 15) is 4.39 Å². The summed E-state index contributed by atoms with van der Waals surface area (Å²) in [7, 11) is 0. The lowest BCUT2D eigenvalue weighted by Gasteiger charge is -2.40. The molecular weight excluding hydrogens is 151 g/mol. The quantitative estimate of drug-likeness (QED) is 0.597. The van der Waals surface area contributed by atoms with Gasteiger partial charge in [-0.15, -0.1) is 0 Å². The molecule has 1 aromatic rings. The molecule has 0 heterocycles. The van der Waals surface area contributed by atoms with E-state index in [1.807, 2.05) is 30.3 Å².